The summed E-state index contributed by atoms with van der Waals surface area (Å²) >= 11 is 3.35. The number of carbonyl (C=O) groups excluding carboxylic acids is 1. The summed E-state index contributed by atoms with van der Waals surface area (Å²) in [6.07, 6.45) is 5.12. The van der Waals surface area contributed by atoms with Gasteiger partial charge in [-0.1, -0.05) is 6.07 Å². The van der Waals surface area contributed by atoms with Crippen molar-refractivity contribution in [3.8, 4) is 0 Å². The Bertz CT molecular complexity index is 262. The van der Waals surface area contributed by atoms with Gasteiger partial charge < -0.3 is 4.79 Å². The van der Waals surface area contributed by atoms with Gasteiger partial charge in [-0.3, -0.25) is 0 Å². The summed E-state index contributed by atoms with van der Waals surface area (Å²) in [5, 5.41) is 0. The van der Waals surface area contributed by atoms with Crippen LogP contribution in [0, 0.1) is 0 Å². The van der Waals surface area contributed by atoms with Gasteiger partial charge in [0.15, 0.2) is 0 Å². The second kappa shape index (κ2) is 5.04. The number of nitrogens with zero attached hydrogens (tertiary/aromatic N) is 1. The van der Waals surface area contributed by atoms with E-state index in [4.69, 9.17) is 0 Å². The Labute approximate surface area is 80.1 Å². The van der Waals surface area contributed by atoms with Crippen LogP contribution in [0.1, 0.15) is 18.4 Å². The van der Waals surface area contributed by atoms with Crippen molar-refractivity contribution in [1.82, 2.24) is 4.98 Å². The minimum atomic E-state index is 0.626. The van der Waals surface area contributed by atoms with Gasteiger partial charge in [-0.05, 0) is 40.4 Å². The molecule has 0 atom stereocenters. The van der Waals surface area contributed by atoms with E-state index in [0.29, 0.717) is 6.42 Å². The number of unbranched alkanes of at least 4 members (excludes halogenated alkanes) is 1. The number of halogens is 1. The maximum Gasteiger partial charge on any atom is 0.120 e. The molecule has 0 aromatic carbocycles. The van der Waals surface area contributed by atoms with Crippen molar-refractivity contribution >= 4 is 22.2 Å². The van der Waals surface area contributed by atoms with E-state index in [1.165, 1.54) is 5.56 Å². The standard InChI is InChI=1S/C9H10BrNO/c10-9-8(4-1-2-7-12)5-3-6-11-9/h3,5-7H,1-2,4H2. The largest absolute Gasteiger partial charge is 0.303 e. The second-order valence-corrected chi connectivity index (χ2v) is 3.26. The normalized spacial score (nSPS) is 9.75. The molecule has 0 radical (unpaired) electrons. The number of hydrogen-bond donors (Lipinski definition) is 0. The van der Waals surface area contributed by atoms with Gasteiger partial charge in [0.25, 0.3) is 0 Å². The van der Waals surface area contributed by atoms with Crippen LogP contribution in [0.3, 0.4) is 0 Å². The van der Waals surface area contributed by atoms with E-state index >= 15 is 0 Å². The predicted molar refractivity (Wildman–Crippen MR) is 50.9 cm³/mol. The van der Waals surface area contributed by atoms with Crippen molar-refractivity contribution in [2.24, 2.45) is 0 Å². The molecular weight excluding hydrogens is 218 g/mol. The third-order valence-electron chi connectivity index (χ3n) is 1.60. The first-order valence-corrected chi connectivity index (χ1v) is 4.67. The van der Waals surface area contributed by atoms with Crippen LogP contribution in [0.2, 0.25) is 0 Å². The summed E-state index contributed by atoms with van der Waals surface area (Å²) < 4.78 is 0.885. The van der Waals surface area contributed by atoms with Gasteiger partial charge in [0.1, 0.15) is 10.9 Å². The first-order valence-electron chi connectivity index (χ1n) is 3.87. The summed E-state index contributed by atoms with van der Waals surface area (Å²) in [6, 6.07) is 3.92. The highest BCUT2D eigenvalue weighted by Crippen LogP contribution is 2.14. The SMILES string of the molecule is O=CCCCc1cccnc1Br. The first kappa shape index (κ1) is 9.39. The summed E-state index contributed by atoms with van der Waals surface area (Å²) in [6.45, 7) is 0. The van der Waals surface area contributed by atoms with Gasteiger partial charge in [0.05, 0.1) is 0 Å². The Kier molecular flexibility index (Phi) is 3.94. The highest BCUT2D eigenvalue weighted by Gasteiger charge is 1.98. The van der Waals surface area contributed by atoms with Crippen molar-refractivity contribution < 1.29 is 4.79 Å². The van der Waals surface area contributed by atoms with Crippen molar-refractivity contribution in [2.75, 3.05) is 0 Å². The zero-order valence-electron chi connectivity index (χ0n) is 6.66. The van der Waals surface area contributed by atoms with Crippen LogP contribution in [0.25, 0.3) is 0 Å². The highest BCUT2D eigenvalue weighted by atomic mass is 79.9. The average Bonchev–Trinajstić information content (AvgIpc) is 2.09. The fraction of sp³-hybridized carbons (Fsp3) is 0.333. The van der Waals surface area contributed by atoms with Crippen LogP contribution < -0.4 is 0 Å². The smallest absolute Gasteiger partial charge is 0.120 e. The molecule has 12 heavy (non-hydrogen) atoms. The van der Waals surface area contributed by atoms with E-state index in [2.05, 4.69) is 20.9 Å². The van der Waals surface area contributed by atoms with Gasteiger partial charge >= 0.3 is 0 Å². The van der Waals surface area contributed by atoms with E-state index < -0.39 is 0 Å². The molecule has 0 aliphatic carbocycles. The van der Waals surface area contributed by atoms with Crippen LogP contribution in [0.4, 0.5) is 0 Å². The molecule has 0 aliphatic heterocycles. The van der Waals surface area contributed by atoms with Crippen LogP contribution in [0.5, 0.6) is 0 Å². The number of hydrogen-bond acceptors (Lipinski definition) is 2. The van der Waals surface area contributed by atoms with E-state index in [9.17, 15) is 4.79 Å². The number of aromatic nitrogens is 1. The van der Waals surface area contributed by atoms with Gasteiger partial charge in [-0.25, -0.2) is 4.98 Å². The summed E-state index contributed by atoms with van der Waals surface area (Å²) in [4.78, 5) is 14.1. The molecular formula is C9H10BrNO. The van der Waals surface area contributed by atoms with Crippen LogP contribution in [0.15, 0.2) is 22.9 Å². The number of pyridine rings is 1. The zero-order valence-corrected chi connectivity index (χ0v) is 8.25. The first-order chi connectivity index (χ1) is 5.84. The van der Waals surface area contributed by atoms with Gasteiger partial charge in [-0.15, -0.1) is 0 Å². The van der Waals surface area contributed by atoms with E-state index in [-0.39, 0.29) is 0 Å². The molecule has 3 heteroatoms. The number of aldehydes is 1. The third-order valence-corrected chi connectivity index (χ3v) is 2.32. The second-order valence-electron chi connectivity index (χ2n) is 2.51. The van der Waals surface area contributed by atoms with Crippen molar-refractivity contribution in [3.05, 3.63) is 28.5 Å². The Hall–Kier alpha value is -0.700. The summed E-state index contributed by atoms with van der Waals surface area (Å²) in [5.74, 6) is 0. The Morgan fingerprint density at radius 2 is 2.42 bits per heavy atom. The van der Waals surface area contributed by atoms with Gasteiger partial charge in [0.2, 0.25) is 0 Å². The third kappa shape index (κ3) is 2.74. The lowest BCUT2D eigenvalue weighted by Crippen LogP contribution is -1.89. The Morgan fingerprint density at radius 3 is 3.08 bits per heavy atom. The molecule has 0 amide bonds. The average molecular weight is 228 g/mol. The fourth-order valence-corrected chi connectivity index (χ4v) is 1.43. The molecule has 0 unspecified atom stereocenters. The number of aryl methyl sites for hydroxylation is 1. The minimum absolute atomic E-state index is 0.626. The molecule has 0 saturated heterocycles. The lowest BCUT2D eigenvalue weighted by Gasteiger charge is -1.99. The molecule has 0 N–H and O–H groups in total. The summed E-state index contributed by atoms with van der Waals surface area (Å²) in [5.41, 5.74) is 1.17. The molecule has 0 saturated carbocycles. The number of carbonyl (C=O) groups is 1. The van der Waals surface area contributed by atoms with Crippen LogP contribution in [-0.4, -0.2) is 11.3 Å². The van der Waals surface area contributed by atoms with Gasteiger partial charge in [0, 0.05) is 12.6 Å². The van der Waals surface area contributed by atoms with Gasteiger partial charge in [-0.2, -0.15) is 0 Å². The van der Waals surface area contributed by atoms with E-state index in [1.807, 2.05) is 12.1 Å². The molecule has 1 heterocycles. The van der Waals surface area contributed by atoms with E-state index in [0.717, 1.165) is 23.7 Å². The summed E-state index contributed by atoms with van der Waals surface area (Å²) in [7, 11) is 0. The molecule has 1 aromatic heterocycles. The minimum Gasteiger partial charge on any atom is -0.303 e. The predicted octanol–water partition coefficient (Wildman–Crippen LogP) is 2.37. The molecule has 0 aliphatic rings. The molecule has 64 valence electrons. The monoisotopic (exact) mass is 227 g/mol. The fourth-order valence-electron chi connectivity index (χ4n) is 0.982. The van der Waals surface area contributed by atoms with Crippen LogP contribution in [-0.2, 0) is 11.2 Å². The van der Waals surface area contributed by atoms with Crippen molar-refractivity contribution in [2.45, 2.75) is 19.3 Å². The molecule has 2 nitrogen and oxygen atoms in total. The maximum atomic E-state index is 10.1. The lowest BCUT2D eigenvalue weighted by atomic mass is 10.1. The maximum absolute atomic E-state index is 10.1. The Balaban J connectivity index is 2.51. The zero-order chi connectivity index (χ0) is 8.81. The molecule has 0 fully saturated rings. The molecule has 0 spiro atoms. The topological polar surface area (TPSA) is 30.0 Å². The molecule has 0 bridgehead atoms. The lowest BCUT2D eigenvalue weighted by molar-refractivity contribution is -0.107. The molecule has 1 rings (SSSR count). The van der Waals surface area contributed by atoms with Crippen molar-refractivity contribution in [1.29, 1.82) is 0 Å². The molecule has 1 aromatic rings. The van der Waals surface area contributed by atoms with Crippen molar-refractivity contribution in [3.63, 3.8) is 0 Å². The number of rotatable bonds is 4. The highest BCUT2D eigenvalue weighted by molar-refractivity contribution is 9.10. The quantitative estimate of drug-likeness (QED) is 0.449. The Morgan fingerprint density at radius 1 is 1.58 bits per heavy atom. The van der Waals surface area contributed by atoms with Crippen LogP contribution >= 0.6 is 15.9 Å². The van der Waals surface area contributed by atoms with E-state index in [1.54, 1.807) is 6.20 Å².